The minimum absolute atomic E-state index is 0.820. The van der Waals surface area contributed by atoms with Crippen LogP contribution in [0.4, 0.5) is 0 Å². The van der Waals surface area contributed by atoms with Gasteiger partial charge < -0.3 is 10.1 Å². The first-order chi connectivity index (χ1) is 9.65. The third kappa shape index (κ3) is 2.43. The second-order valence-corrected chi connectivity index (χ2v) is 5.42. The quantitative estimate of drug-likeness (QED) is 0.927. The Bertz CT molecular complexity index is 631. The first-order valence-electron chi connectivity index (χ1n) is 7.09. The Hall–Kier alpha value is -1.81. The molecular formula is C16H21N3O. The Kier molecular flexibility index (Phi) is 3.49. The fourth-order valence-electron chi connectivity index (χ4n) is 2.76. The number of hydrogen-bond acceptors (Lipinski definition) is 3. The molecule has 0 saturated heterocycles. The standard InChI is InChI=1S/C16H21N3O/c1-11-15(12(2)19(3)18-11)10-17-9-13-4-5-16-14(8-13)6-7-20-16/h4-5,8,17H,6-7,9-10H2,1-3H3. The summed E-state index contributed by atoms with van der Waals surface area (Å²) < 4.78 is 7.47. The molecule has 0 bridgehead atoms. The lowest BCUT2D eigenvalue weighted by Gasteiger charge is -2.07. The van der Waals surface area contributed by atoms with Crippen LogP contribution in [0.15, 0.2) is 18.2 Å². The van der Waals surface area contributed by atoms with Gasteiger partial charge in [0.1, 0.15) is 5.75 Å². The molecule has 2 aromatic rings. The van der Waals surface area contributed by atoms with Crippen molar-refractivity contribution < 1.29 is 4.74 Å². The molecule has 20 heavy (non-hydrogen) atoms. The molecule has 1 aliphatic rings. The van der Waals surface area contributed by atoms with Gasteiger partial charge in [-0.2, -0.15) is 5.10 Å². The second-order valence-electron chi connectivity index (χ2n) is 5.42. The van der Waals surface area contributed by atoms with E-state index in [9.17, 15) is 0 Å². The van der Waals surface area contributed by atoms with Crippen molar-refractivity contribution in [3.63, 3.8) is 0 Å². The monoisotopic (exact) mass is 271 g/mol. The molecule has 0 amide bonds. The van der Waals surface area contributed by atoms with Crippen LogP contribution in [-0.4, -0.2) is 16.4 Å². The van der Waals surface area contributed by atoms with Gasteiger partial charge in [-0.3, -0.25) is 4.68 Å². The first-order valence-corrected chi connectivity index (χ1v) is 7.09. The lowest BCUT2D eigenvalue weighted by atomic mass is 10.1. The number of hydrogen-bond donors (Lipinski definition) is 1. The largest absolute Gasteiger partial charge is 0.493 e. The minimum atomic E-state index is 0.820. The summed E-state index contributed by atoms with van der Waals surface area (Å²) in [6.45, 7) is 6.74. The Balaban J connectivity index is 1.63. The highest BCUT2D eigenvalue weighted by molar-refractivity contribution is 5.39. The van der Waals surface area contributed by atoms with Crippen LogP contribution < -0.4 is 10.1 Å². The second kappa shape index (κ2) is 5.29. The van der Waals surface area contributed by atoms with E-state index in [1.165, 1.54) is 22.4 Å². The van der Waals surface area contributed by atoms with Crippen LogP contribution in [0.25, 0.3) is 0 Å². The van der Waals surface area contributed by atoms with Gasteiger partial charge in [0.25, 0.3) is 0 Å². The number of nitrogens with zero attached hydrogens (tertiary/aromatic N) is 2. The van der Waals surface area contributed by atoms with Crippen LogP contribution in [0, 0.1) is 13.8 Å². The normalized spacial score (nSPS) is 13.3. The first kappa shape index (κ1) is 13.2. The third-order valence-corrected chi connectivity index (χ3v) is 4.04. The maximum Gasteiger partial charge on any atom is 0.122 e. The van der Waals surface area contributed by atoms with Crippen LogP contribution in [0.2, 0.25) is 0 Å². The number of rotatable bonds is 4. The van der Waals surface area contributed by atoms with E-state index >= 15 is 0 Å². The average molecular weight is 271 g/mol. The molecule has 106 valence electrons. The predicted octanol–water partition coefficient (Wildman–Crippen LogP) is 2.26. The Labute approximate surface area is 119 Å². The highest BCUT2D eigenvalue weighted by atomic mass is 16.5. The fourth-order valence-corrected chi connectivity index (χ4v) is 2.76. The molecule has 1 N–H and O–H groups in total. The number of aryl methyl sites for hydroxylation is 2. The molecule has 0 unspecified atom stereocenters. The van der Waals surface area contributed by atoms with Crippen LogP contribution in [0.1, 0.15) is 28.1 Å². The molecule has 0 fully saturated rings. The van der Waals surface area contributed by atoms with Crippen LogP contribution >= 0.6 is 0 Å². The lowest BCUT2D eigenvalue weighted by molar-refractivity contribution is 0.357. The van der Waals surface area contributed by atoms with E-state index in [2.05, 4.69) is 42.5 Å². The number of benzene rings is 1. The summed E-state index contributed by atoms with van der Waals surface area (Å²) in [5.41, 5.74) is 6.29. The number of aromatic nitrogens is 2. The van der Waals surface area contributed by atoms with Crippen molar-refractivity contribution in [3.05, 3.63) is 46.3 Å². The van der Waals surface area contributed by atoms with Gasteiger partial charge in [-0.05, 0) is 31.0 Å². The van der Waals surface area contributed by atoms with E-state index in [0.29, 0.717) is 0 Å². The molecule has 0 radical (unpaired) electrons. The molecule has 1 aromatic heterocycles. The third-order valence-electron chi connectivity index (χ3n) is 4.04. The smallest absolute Gasteiger partial charge is 0.122 e. The van der Waals surface area contributed by atoms with Gasteiger partial charge >= 0.3 is 0 Å². The van der Waals surface area contributed by atoms with Crippen molar-refractivity contribution in [2.45, 2.75) is 33.4 Å². The number of nitrogens with one attached hydrogen (secondary N) is 1. The van der Waals surface area contributed by atoms with E-state index < -0.39 is 0 Å². The SMILES string of the molecule is Cc1nn(C)c(C)c1CNCc1ccc2c(c1)CCO2. The molecule has 1 aliphatic heterocycles. The Morgan fingerprint density at radius 1 is 1.30 bits per heavy atom. The van der Waals surface area contributed by atoms with Crippen LogP contribution in [-0.2, 0) is 26.6 Å². The molecule has 0 saturated carbocycles. The number of fused-ring (bicyclic) bond motifs is 1. The zero-order valence-electron chi connectivity index (χ0n) is 12.4. The molecule has 4 nitrogen and oxygen atoms in total. The van der Waals surface area contributed by atoms with Gasteiger partial charge in [0.15, 0.2) is 0 Å². The zero-order chi connectivity index (χ0) is 14.1. The molecule has 0 atom stereocenters. The minimum Gasteiger partial charge on any atom is -0.493 e. The van der Waals surface area contributed by atoms with Crippen molar-refractivity contribution in [2.75, 3.05) is 6.61 Å². The molecule has 3 rings (SSSR count). The molecule has 2 heterocycles. The topological polar surface area (TPSA) is 39.1 Å². The maximum atomic E-state index is 5.53. The van der Waals surface area contributed by atoms with E-state index in [1.807, 2.05) is 11.7 Å². The Morgan fingerprint density at radius 2 is 2.15 bits per heavy atom. The summed E-state index contributed by atoms with van der Waals surface area (Å²) in [6.07, 6.45) is 1.03. The summed E-state index contributed by atoms with van der Waals surface area (Å²) in [6, 6.07) is 6.47. The average Bonchev–Trinajstić information content (AvgIpc) is 2.98. The summed E-state index contributed by atoms with van der Waals surface area (Å²) in [5, 5.41) is 7.95. The number of ether oxygens (including phenoxy) is 1. The molecular weight excluding hydrogens is 250 g/mol. The maximum absolute atomic E-state index is 5.53. The zero-order valence-corrected chi connectivity index (χ0v) is 12.4. The highest BCUT2D eigenvalue weighted by Crippen LogP contribution is 2.25. The van der Waals surface area contributed by atoms with Gasteiger partial charge in [-0.25, -0.2) is 0 Å². The van der Waals surface area contributed by atoms with Gasteiger partial charge in [-0.1, -0.05) is 12.1 Å². The lowest BCUT2D eigenvalue weighted by Crippen LogP contribution is -2.14. The molecule has 0 spiro atoms. The van der Waals surface area contributed by atoms with Gasteiger partial charge in [-0.15, -0.1) is 0 Å². The summed E-state index contributed by atoms with van der Waals surface area (Å²) in [7, 11) is 1.99. The summed E-state index contributed by atoms with van der Waals surface area (Å²) in [5.74, 6) is 1.05. The van der Waals surface area contributed by atoms with Crippen LogP contribution in [0.5, 0.6) is 5.75 Å². The van der Waals surface area contributed by atoms with Gasteiger partial charge in [0.2, 0.25) is 0 Å². The molecule has 4 heteroatoms. The van der Waals surface area contributed by atoms with Crippen molar-refractivity contribution in [1.29, 1.82) is 0 Å². The molecule has 0 aliphatic carbocycles. The van der Waals surface area contributed by atoms with Crippen molar-refractivity contribution >= 4 is 0 Å². The van der Waals surface area contributed by atoms with E-state index in [4.69, 9.17) is 4.74 Å². The van der Waals surface area contributed by atoms with Crippen molar-refractivity contribution in [2.24, 2.45) is 7.05 Å². The van der Waals surface area contributed by atoms with Gasteiger partial charge in [0.05, 0.1) is 12.3 Å². The Morgan fingerprint density at radius 3 is 2.90 bits per heavy atom. The van der Waals surface area contributed by atoms with Crippen molar-refractivity contribution in [3.8, 4) is 5.75 Å². The fraction of sp³-hybridized carbons (Fsp3) is 0.438. The summed E-state index contributed by atoms with van der Waals surface area (Å²) >= 11 is 0. The van der Waals surface area contributed by atoms with E-state index in [1.54, 1.807) is 0 Å². The highest BCUT2D eigenvalue weighted by Gasteiger charge is 2.12. The summed E-state index contributed by atoms with van der Waals surface area (Å²) in [4.78, 5) is 0. The van der Waals surface area contributed by atoms with E-state index in [-0.39, 0.29) is 0 Å². The van der Waals surface area contributed by atoms with Crippen LogP contribution in [0.3, 0.4) is 0 Å². The molecule has 1 aromatic carbocycles. The van der Waals surface area contributed by atoms with E-state index in [0.717, 1.165) is 37.6 Å². The van der Waals surface area contributed by atoms with Gasteiger partial charge in [0, 0.05) is 37.8 Å². The predicted molar refractivity (Wildman–Crippen MR) is 78.9 cm³/mol. The van der Waals surface area contributed by atoms with Crippen molar-refractivity contribution in [1.82, 2.24) is 15.1 Å².